The molecule has 3 rings (SSSR count). The van der Waals surface area contributed by atoms with E-state index in [4.69, 9.17) is 18.9 Å². The van der Waals surface area contributed by atoms with Crippen LogP contribution in [0, 0.1) is 0 Å². The average molecular weight is 525 g/mol. The fourth-order valence-corrected chi connectivity index (χ4v) is 4.44. The van der Waals surface area contributed by atoms with Crippen molar-refractivity contribution in [2.45, 2.75) is 71.8 Å². The van der Waals surface area contributed by atoms with Gasteiger partial charge < -0.3 is 34.3 Å². The van der Waals surface area contributed by atoms with Crippen molar-refractivity contribution in [3.8, 4) is 23.0 Å². The number of aryl methyl sites for hydroxylation is 1. The van der Waals surface area contributed by atoms with Gasteiger partial charge in [0.1, 0.15) is 29.1 Å². The van der Waals surface area contributed by atoms with E-state index in [-0.39, 0.29) is 40.8 Å². The predicted molar refractivity (Wildman–Crippen MR) is 134 cm³/mol. The largest absolute Gasteiger partial charge is 1.00 e. The maximum absolute atomic E-state index is 12.0. The van der Waals surface area contributed by atoms with E-state index in [0.717, 1.165) is 48.1 Å². The second-order valence-electron chi connectivity index (χ2n) is 8.72. The molecule has 1 aliphatic rings. The summed E-state index contributed by atoms with van der Waals surface area (Å²) in [6, 6.07) is 7.47. The molecule has 37 heavy (non-hydrogen) atoms. The van der Waals surface area contributed by atoms with Gasteiger partial charge >= 0.3 is 29.6 Å². The smallest absolute Gasteiger partial charge is 0.546 e. The van der Waals surface area contributed by atoms with Gasteiger partial charge in [-0.1, -0.05) is 32.8 Å². The molecule has 0 fully saturated rings. The van der Waals surface area contributed by atoms with Crippen LogP contribution >= 0.6 is 0 Å². The van der Waals surface area contributed by atoms with E-state index in [9.17, 15) is 14.7 Å². The molecular formula is C28H37NaO8. The Morgan fingerprint density at radius 2 is 1.59 bits per heavy atom. The molecule has 2 N–H and O–H groups in total. The standard InChI is InChI=1S/C28H36O7.Na.H2O/c1-5-8-21-23(13-10-19-11-14-25(28(30)31)35-26(19)21)33-16-7-17-34-24-15-12-20(18(3)29)27(32-4)22(24)9-6-2;;/h10,12-13,15,25H,5-9,11,14,16-17H2,1-4H3,(H,30,31);;1H2/q;+1;/p-1. The molecule has 198 valence electrons. The molecule has 0 saturated carbocycles. The maximum Gasteiger partial charge on any atom is 1.00 e. The number of ketones is 1. The van der Waals surface area contributed by atoms with Gasteiger partial charge in [-0.2, -0.15) is 0 Å². The predicted octanol–water partition coefficient (Wildman–Crippen LogP) is 0.274. The summed E-state index contributed by atoms with van der Waals surface area (Å²) in [5.74, 6) is 1.42. The number of rotatable bonds is 13. The number of carboxylic acids is 1. The first-order valence-electron chi connectivity index (χ1n) is 12.4. The van der Waals surface area contributed by atoms with Crippen LogP contribution in [0.3, 0.4) is 0 Å². The molecule has 8 nitrogen and oxygen atoms in total. The van der Waals surface area contributed by atoms with Crippen LogP contribution in [-0.4, -0.2) is 43.7 Å². The zero-order valence-electron chi connectivity index (χ0n) is 22.6. The first kappa shape index (κ1) is 32.8. The van der Waals surface area contributed by atoms with Crippen molar-refractivity contribution in [3.05, 3.63) is 46.5 Å². The van der Waals surface area contributed by atoms with Gasteiger partial charge in [0.2, 0.25) is 0 Å². The number of carbonyl (C=O) groups is 2. The van der Waals surface area contributed by atoms with Gasteiger partial charge in [-0.25, -0.2) is 0 Å². The number of Topliss-reactive ketones (excluding diaryl/α,β-unsaturated/α-hetero) is 1. The Morgan fingerprint density at radius 3 is 2.16 bits per heavy atom. The summed E-state index contributed by atoms with van der Waals surface area (Å²) in [6.07, 6.45) is 4.04. The van der Waals surface area contributed by atoms with Gasteiger partial charge in [-0.05, 0) is 56.4 Å². The van der Waals surface area contributed by atoms with Gasteiger partial charge in [0.25, 0.3) is 0 Å². The molecule has 0 radical (unpaired) electrons. The second kappa shape index (κ2) is 15.9. The molecule has 1 unspecified atom stereocenters. The minimum atomic E-state index is -1.18. The molecule has 0 aromatic heterocycles. The van der Waals surface area contributed by atoms with Gasteiger partial charge in [0, 0.05) is 17.5 Å². The number of methoxy groups -OCH3 is 1. The maximum atomic E-state index is 12.0. The van der Waals surface area contributed by atoms with Crippen molar-refractivity contribution in [1.29, 1.82) is 0 Å². The summed E-state index contributed by atoms with van der Waals surface area (Å²) in [4.78, 5) is 23.3. The molecule has 0 spiro atoms. The zero-order chi connectivity index (χ0) is 25.4. The van der Waals surface area contributed by atoms with E-state index in [1.54, 1.807) is 13.2 Å². The van der Waals surface area contributed by atoms with Gasteiger partial charge in [-0.3, -0.25) is 4.79 Å². The SMILES string of the molecule is CCCc1c(OCCCOc2ccc(C(C)=O)c(OC)c2CCC)ccc2c1OC(C(=O)[O-])CC2.O.[Na+]. The number of fused-ring (bicyclic) bond motifs is 1. The summed E-state index contributed by atoms with van der Waals surface area (Å²) >= 11 is 0. The van der Waals surface area contributed by atoms with Crippen molar-refractivity contribution in [2.75, 3.05) is 20.3 Å². The van der Waals surface area contributed by atoms with E-state index in [1.165, 1.54) is 6.92 Å². The Kier molecular flexibility index (Phi) is 14.1. The summed E-state index contributed by atoms with van der Waals surface area (Å²) in [5.41, 5.74) is 3.38. The van der Waals surface area contributed by atoms with E-state index in [1.807, 2.05) is 18.2 Å². The molecule has 2 aromatic carbocycles. The number of hydrogen-bond acceptors (Lipinski definition) is 7. The van der Waals surface area contributed by atoms with Crippen molar-refractivity contribution >= 4 is 11.8 Å². The molecule has 1 atom stereocenters. The van der Waals surface area contributed by atoms with Crippen molar-refractivity contribution in [2.24, 2.45) is 0 Å². The minimum absolute atomic E-state index is 0. The number of ether oxygens (including phenoxy) is 4. The van der Waals surface area contributed by atoms with Crippen LogP contribution in [0.2, 0.25) is 0 Å². The molecular weight excluding hydrogens is 487 g/mol. The Labute approximate surface area is 241 Å². The van der Waals surface area contributed by atoms with Crippen LogP contribution in [-0.2, 0) is 24.1 Å². The molecule has 1 aliphatic heterocycles. The van der Waals surface area contributed by atoms with Crippen LogP contribution in [0.25, 0.3) is 0 Å². The van der Waals surface area contributed by atoms with Crippen LogP contribution in [0.5, 0.6) is 23.0 Å². The number of aliphatic carboxylic acids is 1. The molecule has 0 saturated heterocycles. The van der Waals surface area contributed by atoms with Crippen molar-refractivity contribution < 1.29 is 68.7 Å². The number of carbonyl (C=O) groups excluding carboxylic acids is 2. The average Bonchev–Trinajstić information content (AvgIpc) is 2.85. The number of benzene rings is 2. The van der Waals surface area contributed by atoms with E-state index in [0.29, 0.717) is 55.3 Å². The number of carboxylic acid groups (broad SMARTS) is 1. The minimum Gasteiger partial charge on any atom is -0.546 e. The summed E-state index contributed by atoms with van der Waals surface area (Å²) in [5, 5.41) is 11.3. The molecule has 0 bridgehead atoms. The summed E-state index contributed by atoms with van der Waals surface area (Å²) in [6.45, 7) is 6.54. The van der Waals surface area contributed by atoms with Gasteiger partial charge in [0.15, 0.2) is 5.78 Å². The second-order valence-corrected chi connectivity index (χ2v) is 8.72. The third-order valence-corrected chi connectivity index (χ3v) is 6.10. The quantitative estimate of drug-likeness (QED) is 0.209. The van der Waals surface area contributed by atoms with Crippen LogP contribution < -0.4 is 53.6 Å². The van der Waals surface area contributed by atoms with Crippen LogP contribution in [0.15, 0.2) is 24.3 Å². The Balaban J connectivity index is 0.00000342. The Morgan fingerprint density at radius 1 is 1.00 bits per heavy atom. The topological polar surface area (TPSA) is 126 Å². The van der Waals surface area contributed by atoms with E-state index >= 15 is 0 Å². The third-order valence-electron chi connectivity index (χ3n) is 6.10. The van der Waals surface area contributed by atoms with E-state index < -0.39 is 12.1 Å². The molecule has 9 heteroatoms. The van der Waals surface area contributed by atoms with E-state index in [2.05, 4.69) is 13.8 Å². The monoisotopic (exact) mass is 524 g/mol. The zero-order valence-corrected chi connectivity index (χ0v) is 24.6. The summed E-state index contributed by atoms with van der Waals surface area (Å²) < 4.78 is 23.4. The molecule has 0 amide bonds. The van der Waals surface area contributed by atoms with Gasteiger partial charge in [-0.15, -0.1) is 0 Å². The normalized spacial score (nSPS) is 13.8. The van der Waals surface area contributed by atoms with Gasteiger partial charge in [0.05, 0.1) is 31.9 Å². The first-order valence-corrected chi connectivity index (χ1v) is 12.4. The van der Waals surface area contributed by atoms with Crippen molar-refractivity contribution in [3.63, 3.8) is 0 Å². The fraction of sp³-hybridized carbons (Fsp3) is 0.500. The van der Waals surface area contributed by atoms with Crippen LogP contribution in [0.4, 0.5) is 0 Å². The molecule has 1 heterocycles. The number of hydrogen-bond donors (Lipinski definition) is 0. The first-order chi connectivity index (χ1) is 16.9. The van der Waals surface area contributed by atoms with Crippen molar-refractivity contribution in [1.82, 2.24) is 0 Å². The fourth-order valence-electron chi connectivity index (χ4n) is 4.44. The summed E-state index contributed by atoms with van der Waals surface area (Å²) in [7, 11) is 1.57. The molecule has 0 aliphatic carbocycles. The Bertz CT molecular complexity index is 1050. The third kappa shape index (κ3) is 8.11. The Hall–Kier alpha value is -2.26. The van der Waals surface area contributed by atoms with Crippen LogP contribution in [0.1, 0.15) is 73.5 Å². The molecule has 2 aromatic rings.